The monoisotopic (exact) mass is 483 g/mol. The summed E-state index contributed by atoms with van der Waals surface area (Å²) in [6.07, 6.45) is 5.97. The number of anilines is 1. The number of unbranched alkanes of at least 4 members (excludes halogenated alkanes) is 1. The number of aliphatic imine (C=N–C) groups is 1. The summed E-state index contributed by atoms with van der Waals surface area (Å²) in [6, 6.07) is 9.83. The van der Waals surface area contributed by atoms with Gasteiger partial charge in [-0.05, 0) is 25.0 Å². The van der Waals surface area contributed by atoms with E-state index in [9.17, 15) is 4.79 Å². The number of benzene rings is 1. The molecule has 1 aliphatic heterocycles. The number of para-hydroxylation sites is 1. The van der Waals surface area contributed by atoms with Gasteiger partial charge in [-0.15, -0.1) is 34.2 Å². The number of nitrogens with one attached hydrogen (secondary N) is 2. The lowest BCUT2D eigenvalue weighted by molar-refractivity contribution is -0.117. The van der Waals surface area contributed by atoms with Gasteiger partial charge in [0.2, 0.25) is 5.91 Å². The zero-order valence-corrected chi connectivity index (χ0v) is 17.7. The first-order chi connectivity index (χ1) is 12.8. The minimum atomic E-state index is 0. The molecule has 3 rings (SSSR count). The van der Waals surface area contributed by atoms with Gasteiger partial charge in [0.05, 0.1) is 6.04 Å². The Morgan fingerprint density at radius 2 is 1.96 bits per heavy atom. The number of rotatable bonds is 7. The lowest BCUT2D eigenvalue weighted by Crippen LogP contribution is -2.44. The van der Waals surface area contributed by atoms with E-state index in [0.717, 1.165) is 37.6 Å². The number of hydrogen-bond acceptors (Lipinski definition) is 4. The molecule has 1 fully saturated rings. The average Bonchev–Trinajstić information content (AvgIpc) is 3.30. The van der Waals surface area contributed by atoms with Crippen molar-refractivity contribution in [1.29, 1.82) is 0 Å². The van der Waals surface area contributed by atoms with Crippen LogP contribution in [0.5, 0.6) is 0 Å². The van der Waals surface area contributed by atoms with Crippen molar-refractivity contribution in [3.05, 3.63) is 43.0 Å². The summed E-state index contributed by atoms with van der Waals surface area (Å²) in [5.41, 5.74) is 0.943. The Bertz CT molecular complexity index is 721. The van der Waals surface area contributed by atoms with Crippen LogP contribution < -0.4 is 15.5 Å². The van der Waals surface area contributed by atoms with Crippen LogP contribution >= 0.6 is 24.0 Å². The first-order valence-corrected chi connectivity index (χ1v) is 8.91. The van der Waals surface area contributed by atoms with Gasteiger partial charge < -0.3 is 20.1 Å². The van der Waals surface area contributed by atoms with Gasteiger partial charge in [0.1, 0.15) is 12.7 Å². The minimum Gasteiger partial charge on any atom is -0.356 e. The molecule has 2 heterocycles. The van der Waals surface area contributed by atoms with Crippen LogP contribution in [-0.4, -0.2) is 52.8 Å². The standard InChI is InChI=1S/C18H25N7O.HI/c1-19-18(20-9-5-6-10-24-13-21-22-14-24)23-15-11-17(26)25(12-15)16-7-3-2-4-8-16;/h2-4,7-8,13-15H,5-6,9-12H2,1H3,(H2,19,20,23);1H. The molecule has 1 amide bonds. The second-order valence-electron chi connectivity index (χ2n) is 6.29. The van der Waals surface area contributed by atoms with Gasteiger partial charge in [0.25, 0.3) is 0 Å². The minimum absolute atomic E-state index is 0. The highest BCUT2D eigenvalue weighted by molar-refractivity contribution is 14.0. The lowest BCUT2D eigenvalue weighted by Gasteiger charge is -2.19. The van der Waals surface area contributed by atoms with Crippen molar-refractivity contribution in [2.45, 2.75) is 31.8 Å². The van der Waals surface area contributed by atoms with Gasteiger partial charge in [-0.2, -0.15) is 0 Å². The van der Waals surface area contributed by atoms with E-state index >= 15 is 0 Å². The molecule has 0 saturated carbocycles. The van der Waals surface area contributed by atoms with Crippen LogP contribution in [0.3, 0.4) is 0 Å². The number of carbonyl (C=O) groups excluding carboxylic acids is 1. The maximum absolute atomic E-state index is 12.3. The van der Waals surface area contributed by atoms with Crippen molar-refractivity contribution < 1.29 is 4.79 Å². The summed E-state index contributed by atoms with van der Waals surface area (Å²) in [5, 5.41) is 14.2. The molecule has 146 valence electrons. The molecule has 1 unspecified atom stereocenters. The van der Waals surface area contributed by atoms with Gasteiger partial charge >= 0.3 is 0 Å². The van der Waals surface area contributed by atoms with Crippen molar-refractivity contribution in [3.8, 4) is 0 Å². The number of nitrogens with zero attached hydrogens (tertiary/aromatic N) is 5. The molecule has 0 bridgehead atoms. The second kappa shape index (κ2) is 10.9. The Morgan fingerprint density at radius 1 is 1.22 bits per heavy atom. The molecule has 1 saturated heterocycles. The van der Waals surface area contributed by atoms with E-state index in [1.54, 1.807) is 19.7 Å². The van der Waals surface area contributed by atoms with Crippen LogP contribution in [-0.2, 0) is 11.3 Å². The molecule has 1 atom stereocenters. The van der Waals surface area contributed by atoms with Crippen LogP contribution in [0.25, 0.3) is 0 Å². The fraction of sp³-hybridized carbons (Fsp3) is 0.444. The Hall–Kier alpha value is -2.17. The van der Waals surface area contributed by atoms with Gasteiger partial charge in [-0.3, -0.25) is 9.79 Å². The Labute approximate surface area is 176 Å². The molecule has 27 heavy (non-hydrogen) atoms. The number of aryl methyl sites for hydroxylation is 1. The van der Waals surface area contributed by atoms with Crippen molar-refractivity contribution in [1.82, 2.24) is 25.4 Å². The molecule has 2 N–H and O–H groups in total. The predicted molar refractivity (Wildman–Crippen MR) is 116 cm³/mol. The maximum atomic E-state index is 12.3. The zero-order valence-electron chi connectivity index (χ0n) is 15.4. The normalized spacial score (nSPS) is 16.9. The quantitative estimate of drug-likeness (QED) is 0.271. The molecule has 0 spiro atoms. The number of guanidine groups is 1. The number of carbonyl (C=O) groups is 1. The smallest absolute Gasteiger partial charge is 0.229 e. The molecular formula is C18H26IN7O. The lowest BCUT2D eigenvalue weighted by atomic mass is 10.2. The van der Waals surface area contributed by atoms with E-state index < -0.39 is 0 Å². The molecule has 1 aliphatic rings. The van der Waals surface area contributed by atoms with Crippen LogP contribution in [0.15, 0.2) is 48.0 Å². The van der Waals surface area contributed by atoms with Gasteiger partial charge in [-0.25, -0.2) is 0 Å². The van der Waals surface area contributed by atoms with Gasteiger partial charge in [0, 0.05) is 38.8 Å². The van der Waals surface area contributed by atoms with E-state index in [-0.39, 0.29) is 35.9 Å². The Kier molecular flexibility index (Phi) is 8.49. The van der Waals surface area contributed by atoms with Crippen molar-refractivity contribution in [2.75, 3.05) is 25.0 Å². The highest BCUT2D eigenvalue weighted by atomic mass is 127. The molecule has 9 heteroatoms. The number of halogens is 1. The summed E-state index contributed by atoms with van der Waals surface area (Å²) in [4.78, 5) is 18.4. The number of aromatic nitrogens is 3. The maximum Gasteiger partial charge on any atom is 0.229 e. The van der Waals surface area contributed by atoms with E-state index in [0.29, 0.717) is 13.0 Å². The Morgan fingerprint density at radius 3 is 2.67 bits per heavy atom. The third-order valence-corrected chi connectivity index (χ3v) is 4.36. The molecule has 1 aromatic carbocycles. The summed E-state index contributed by atoms with van der Waals surface area (Å²) in [5.74, 6) is 0.875. The molecule has 2 aromatic rings. The first-order valence-electron chi connectivity index (χ1n) is 8.91. The van der Waals surface area contributed by atoms with Crippen LogP contribution in [0.1, 0.15) is 19.3 Å². The van der Waals surface area contributed by atoms with Crippen molar-refractivity contribution in [2.24, 2.45) is 4.99 Å². The van der Waals surface area contributed by atoms with E-state index in [4.69, 9.17) is 0 Å². The summed E-state index contributed by atoms with van der Waals surface area (Å²) in [7, 11) is 1.75. The predicted octanol–water partition coefficient (Wildman–Crippen LogP) is 1.65. The van der Waals surface area contributed by atoms with E-state index in [2.05, 4.69) is 25.8 Å². The topological polar surface area (TPSA) is 87.4 Å². The van der Waals surface area contributed by atoms with E-state index in [1.165, 1.54) is 0 Å². The average molecular weight is 483 g/mol. The van der Waals surface area contributed by atoms with Crippen LogP contribution in [0, 0.1) is 0 Å². The highest BCUT2D eigenvalue weighted by Gasteiger charge is 2.30. The molecule has 0 radical (unpaired) electrons. The molecule has 1 aromatic heterocycles. The summed E-state index contributed by atoms with van der Waals surface area (Å²) in [6.45, 7) is 2.38. The fourth-order valence-electron chi connectivity index (χ4n) is 3.01. The zero-order chi connectivity index (χ0) is 18.2. The van der Waals surface area contributed by atoms with Crippen molar-refractivity contribution in [3.63, 3.8) is 0 Å². The van der Waals surface area contributed by atoms with Crippen LogP contribution in [0.2, 0.25) is 0 Å². The van der Waals surface area contributed by atoms with Gasteiger partial charge in [0.15, 0.2) is 5.96 Å². The third-order valence-electron chi connectivity index (χ3n) is 4.36. The highest BCUT2D eigenvalue weighted by Crippen LogP contribution is 2.20. The first kappa shape index (κ1) is 21.1. The van der Waals surface area contributed by atoms with Crippen molar-refractivity contribution >= 4 is 41.5 Å². The molecule has 0 aliphatic carbocycles. The molecule has 8 nitrogen and oxygen atoms in total. The Balaban J connectivity index is 0.00000261. The number of hydrogen-bond donors (Lipinski definition) is 2. The second-order valence-corrected chi connectivity index (χ2v) is 6.29. The van der Waals surface area contributed by atoms with Crippen LogP contribution in [0.4, 0.5) is 5.69 Å². The fourth-order valence-corrected chi connectivity index (χ4v) is 3.01. The summed E-state index contributed by atoms with van der Waals surface area (Å²) >= 11 is 0. The van der Waals surface area contributed by atoms with E-state index in [1.807, 2.05) is 39.8 Å². The SMILES string of the molecule is CN=C(NCCCCn1cnnc1)NC1CC(=O)N(c2ccccc2)C1.I. The largest absolute Gasteiger partial charge is 0.356 e. The number of amides is 1. The molecular weight excluding hydrogens is 457 g/mol. The van der Waals surface area contributed by atoms with Gasteiger partial charge in [-0.1, -0.05) is 18.2 Å². The summed E-state index contributed by atoms with van der Waals surface area (Å²) < 4.78 is 1.97. The third kappa shape index (κ3) is 6.19.